The Bertz CT molecular complexity index is 945. The predicted octanol–water partition coefficient (Wildman–Crippen LogP) is 4.57. The SMILES string of the molecule is Cc1cc(C)c(C(=O)O)cc1NC(=O)CCCc1nc2ccccc2s1. The van der Waals surface area contributed by atoms with E-state index in [-0.39, 0.29) is 11.5 Å². The average molecular weight is 368 g/mol. The Morgan fingerprint density at radius 3 is 2.65 bits per heavy atom. The highest BCUT2D eigenvalue weighted by Crippen LogP contribution is 2.23. The molecule has 2 aromatic carbocycles. The molecule has 0 saturated heterocycles. The minimum atomic E-state index is -0.992. The fraction of sp³-hybridized carbons (Fsp3) is 0.250. The molecule has 1 heterocycles. The molecule has 3 aromatic rings. The lowest BCUT2D eigenvalue weighted by Gasteiger charge is -2.11. The Hall–Kier alpha value is -2.73. The van der Waals surface area contributed by atoms with Gasteiger partial charge < -0.3 is 10.4 Å². The van der Waals surface area contributed by atoms with Crippen LogP contribution in [0, 0.1) is 13.8 Å². The number of para-hydroxylation sites is 1. The summed E-state index contributed by atoms with van der Waals surface area (Å²) in [6, 6.07) is 11.3. The lowest BCUT2D eigenvalue weighted by Crippen LogP contribution is -2.13. The number of rotatable bonds is 6. The van der Waals surface area contributed by atoms with Gasteiger partial charge in [-0.25, -0.2) is 9.78 Å². The van der Waals surface area contributed by atoms with Crippen LogP contribution in [-0.2, 0) is 11.2 Å². The highest BCUT2D eigenvalue weighted by atomic mass is 32.1. The van der Waals surface area contributed by atoms with Gasteiger partial charge >= 0.3 is 5.97 Å². The Kier molecular flexibility index (Phi) is 5.32. The zero-order valence-electron chi connectivity index (χ0n) is 14.7. The third-order valence-corrected chi connectivity index (χ3v) is 5.30. The maximum absolute atomic E-state index is 12.2. The van der Waals surface area contributed by atoms with Crippen molar-refractivity contribution < 1.29 is 14.7 Å². The number of carboxylic acids is 1. The molecule has 3 rings (SSSR count). The molecule has 134 valence electrons. The zero-order valence-corrected chi connectivity index (χ0v) is 15.5. The van der Waals surface area contributed by atoms with E-state index in [0.717, 1.165) is 27.2 Å². The molecule has 5 nitrogen and oxygen atoms in total. The second-order valence-corrected chi connectivity index (χ2v) is 7.38. The first-order valence-electron chi connectivity index (χ1n) is 8.43. The third kappa shape index (κ3) is 4.08. The number of aromatic nitrogens is 1. The molecule has 0 radical (unpaired) electrons. The number of hydrogen-bond acceptors (Lipinski definition) is 4. The maximum Gasteiger partial charge on any atom is 0.336 e. The number of aryl methyl sites for hydroxylation is 3. The van der Waals surface area contributed by atoms with Crippen molar-refractivity contribution in [2.75, 3.05) is 5.32 Å². The van der Waals surface area contributed by atoms with E-state index in [9.17, 15) is 14.7 Å². The van der Waals surface area contributed by atoms with Crippen LogP contribution in [0.1, 0.15) is 39.3 Å². The van der Waals surface area contributed by atoms with Crippen LogP contribution in [0.15, 0.2) is 36.4 Å². The van der Waals surface area contributed by atoms with Crippen molar-refractivity contribution in [2.24, 2.45) is 0 Å². The summed E-state index contributed by atoms with van der Waals surface area (Å²) in [6.07, 6.45) is 1.81. The first-order valence-corrected chi connectivity index (χ1v) is 9.24. The Morgan fingerprint density at radius 2 is 1.92 bits per heavy atom. The summed E-state index contributed by atoms with van der Waals surface area (Å²) in [7, 11) is 0. The van der Waals surface area contributed by atoms with Crippen molar-refractivity contribution in [1.82, 2.24) is 4.98 Å². The monoisotopic (exact) mass is 368 g/mol. The molecule has 0 unspecified atom stereocenters. The second-order valence-electron chi connectivity index (χ2n) is 6.26. The van der Waals surface area contributed by atoms with E-state index in [1.165, 1.54) is 6.07 Å². The smallest absolute Gasteiger partial charge is 0.336 e. The van der Waals surface area contributed by atoms with Gasteiger partial charge in [0.1, 0.15) is 0 Å². The van der Waals surface area contributed by atoms with Gasteiger partial charge in [-0.3, -0.25) is 4.79 Å². The van der Waals surface area contributed by atoms with Gasteiger partial charge in [0.2, 0.25) is 5.91 Å². The summed E-state index contributed by atoms with van der Waals surface area (Å²) < 4.78 is 1.16. The topological polar surface area (TPSA) is 79.3 Å². The molecule has 0 saturated carbocycles. The molecule has 0 spiro atoms. The largest absolute Gasteiger partial charge is 0.478 e. The molecule has 0 aliphatic carbocycles. The number of aromatic carboxylic acids is 1. The average Bonchev–Trinajstić information content (AvgIpc) is 2.99. The number of fused-ring (bicyclic) bond motifs is 1. The number of carbonyl (C=O) groups excluding carboxylic acids is 1. The van der Waals surface area contributed by atoms with E-state index in [1.807, 2.05) is 31.2 Å². The molecule has 1 amide bonds. The number of benzene rings is 2. The van der Waals surface area contributed by atoms with Gasteiger partial charge in [-0.1, -0.05) is 18.2 Å². The molecule has 2 N–H and O–H groups in total. The molecule has 26 heavy (non-hydrogen) atoms. The quantitative estimate of drug-likeness (QED) is 0.668. The van der Waals surface area contributed by atoms with Crippen LogP contribution in [-0.4, -0.2) is 22.0 Å². The molecule has 0 aliphatic rings. The van der Waals surface area contributed by atoms with Crippen LogP contribution >= 0.6 is 11.3 Å². The summed E-state index contributed by atoms with van der Waals surface area (Å²) in [5.41, 5.74) is 3.29. The summed E-state index contributed by atoms with van der Waals surface area (Å²) in [5, 5.41) is 13.1. The van der Waals surface area contributed by atoms with Crippen LogP contribution in [0.25, 0.3) is 10.2 Å². The van der Waals surface area contributed by atoms with Gasteiger partial charge in [0, 0.05) is 12.1 Å². The van der Waals surface area contributed by atoms with Crippen LogP contribution in [0.4, 0.5) is 5.69 Å². The van der Waals surface area contributed by atoms with Gasteiger partial charge in [0.25, 0.3) is 0 Å². The van der Waals surface area contributed by atoms with Gasteiger partial charge in [-0.15, -0.1) is 11.3 Å². The van der Waals surface area contributed by atoms with E-state index in [0.29, 0.717) is 24.1 Å². The highest BCUT2D eigenvalue weighted by Gasteiger charge is 2.12. The number of hydrogen-bond donors (Lipinski definition) is 2. The lowest BCUT2D eigenvalue weighted by molar-refractivity contribution is -0.116. The Morgan fingerprint density at radius 1 is 1.15 bits per heavy atom. The molecule has 6 heteroatoms. The first kappa shape index (κ1) is 18.1. The first-order chi connectivity index (χ1) is 12.4. The van der Waals surface area contributed by atoms with Crippen LogP contribution in [0.5, 0.6) is 0 Å². The minimum absolute atomic E-state index is 0.116. The number of nitrogens with zero attached hydrogens (tertiary/aromatic N) is 1. The van der Waals surface area contributed by atoms with Crippen molar-refractivity contribution in [3.63, 3.8) is 0 Å². The third-order valence-electron chi connectivity index (χ3n) is 4.21. The number of anilines is 1. The maximum atomic E-state index is 12.2. The summed E-state index contributed by atoms with van der Waals surface area (Å²) >= 11 is 1.65. The number of nitrogens with one attached hydrogen (secondary N) is 1. The van der Waals surface area contributed by atoms with E-state index in [1.54, 1.807) is 24.3 Å². The molecule has 0 atom stereocenters. The molecule has 1 aromatic heterocycles. The molecule has 0 fully saturated rings. The minimum Gasteiger partial charge on any atom is -0.478 e. The lowest BCUT2D eigenvalue weighted by atomic mass is 10.0. The molecule has 0 aliphatic heterocycles. The molecular weight excluding hydrogens is 348 g/mol. The summed E-state index contributed by atoms with van der Waals surface area (Å²) in [6.45, 7) is 3.61. The second kappa shape index (κ2) is 7.66. The standard InChI is InChI=1S/C20H20N2O3S/c1-12-10-13(2)16(11-14(12)20(24)25)21-18(23)8-5-9-19-22-15-6-3-4-7-17(15)26-19/h3-4,6-7,10-11H,5,8-9H2,1-2H3,(H,21,23)(H,24,25). The van der Waals surface area contributed by atoms with Gasteiger partial charge in [-0.2, -0.15) is 0 Å². The van der Waals surface area contributed by atoms with E-state index >= 15 is 0 Å². The number of thiazole rings is 1. The van der Waals surface area contributed by atoms with Gasteiger partial charge in [0.15, 0.2) is 0 Å². The number of amides is 1. The van der Waals surface area contributed by atoms with Crippen molar-refractivity contribution >= 4 is 39.1 Å². The van der Waals surface area contributed by atoms with Crippen molar-refractivity contribution in [3.8, 4) is 0 Å². The zero-order chi connectivity index (χ0) is 18.7. The van der Waals surface area contributed by atoms with Crippen molar-refractivity contribution in [3.05, 3.63) is 58.1 Å². The van der Waals surface area contributed by atoms with E-state index < -0.39 is 5.97 Å². The number of carboxylic acid groups (broad SMARTS) is 1. The Balaban J connectivity index is 1.59. The molecular formula is C20H20N2O3S. The van der Waals surface area contributed by atoms with E-state index in [4.69, 9.17) is 0 Å². The van der Waals surface area contributed by atoms with Crippen molar-refractivity contribution in [1.29, 1.82) is 0 Å². The van der Waals surface area contributed by atoms with Crippen molar-refractivity contribution in [2.45, 2.75) is 33.1 Å². The van der Waals surface area contributed by atoms with Crippen LogP contribution < -0.4 is 5.32 Å². The fourth-order valence-corrected chi connectivity index (χ4v) is 3.87. The molecule has 0 bridgehead atoms. The normalized spacial score (nSPS) is 10.8. The fourth-order valence-electron chi connectivity index (χ4n) is 2.86. The Labute approximate surface area is 155 Å². The highest BCUT2D eigenvalue weighted by molar-refractivity contribution is 7.18. The van der Waals surface area contributed by atoms with Crippen LogP contribution in [0.2, 0.25) is 0 Å². The summed E-state index contributed by atoms with van der Waals surface area (Å²) in [5.74, 6) is -1.11. The van der Waals surface area contributed by atoms with Gasteiger partial charge in [-0.05, 0) is 56.0 Å². The van der Waals surface area contributed by atoms with Gasteiger partial charge in [0.05, 0.1) is 20.8 Å². The summed E-state index contributed by atoms with van der Waals surface area (Å²) in [4.78, 5) is 28.0. The van der Waals surface area contributed by atoms with E-state index in [2.05, 4.69) is 10.3 Å². The van der Waals surface area contributed by atoms with Crippen LogP contribution in [0.3, 0.4) is 0 Å². The predicted molar refractivity (Wildman–Crippen MR) is 104 cm³/mol. The number of carbonyl (C=O) groups is 2.